The molecule has 6 heteroatoms. The Morgan fingerprint density at radius 1 is 1.32 bits per heavy atom. The molecule has 1 unspecified atom stereocenters. The molecule has 22 heavy (non-hydrogen) atoms. The zero-order valence-electron chi connectivity index (χ0n) is 13.1. The van der Waals surface area contributed by atoms with Gasteiger partial charge in [-0.3, -0.25) is 9.69 Å². The quantitative estimate of drug-likeness (QED) is 0.902. The van der Waals surface area contributed by atoms with E-state index >= 15 is 0 Å². The number of carbonyl (C=O) groups is 2. The molecule has 1 aromatic carbocycles. The molecular weight excluding hydrogens is 304 g/mol. The molecule has 0 radical (unpaired) electrons. The van der Waals surface area contributed by atoms with Gasteiger partial charge < -0.3 is 10.1 Å². The minimum atomic E-state index is -0.580. The average molecular weight is 325 g/mol. The first kappa shape index (κ1) is 16.6. The Kier molecular flexibility index (Phi) is 4.96. The van der Waals surface area contributed by atoms with Crippen LogP contribution >= 0.6 is 11.6 Å². The molecule has 1 N–H and O–H groups in total. The first-order valence-electron chi connectivity index (χ1n) is 7.33. The molecule has 0 bridgehead atoms. The fourth-order valence-electron chi connectivity index (χ4n) is 2.36. The normalized spacial score (nSPS) is 18.2. The lowest BCUT2D eigenvalue weighted by Crippen LogP contribution is -2.45. The van der Waals surface area contributed by atoms with Crippen molar-refractivity contribution in [1.29, 1.82) is 0 Å². The van der Waals surface area contributed by atoms with Crippen molar-refractivity contribution in [2.75, 3.05) is 11.9 Å². The number of anilines is 1. The van der Waals surface area contributed by atoms with Crippen molar-refractivity contribution in [3.8, 4) is 0 Å². The SMILES string of the molecule is CC(C)(C)OC(=O)N1CCCC1C(=O)Nc1ccccc1Cl. The van der Waals surface area contributed by atoms with E-state index in [-0.39, 0.29) is 5.91 Å². The monoisotopic (exact) mass is 324 g/mol. The average Bonchev–Trinajstić information content (AvgIpc) is 2.89. The van der Waals surface area contributed by atoms with Gasteiger partial charge in [0.2, 0.25) is 5.91 Å². The second-order valence-corrected chi connectivity index (χ2v) is 6.71. The topological polar surface area (TPSA) is 58.6 Å². The van der Waals surface area contributed by atoms with E-state index in [0.717, 1.165) is 6.42 Å². The number of rotatable bonds is 2. The van der Waals surface area contributed by atoms with Crippen LogP contribution in [0, 0.1) is 0 Å². The molecule has 5 nitrogen and oxygen atoms in total. The minimum Gasteiger partial charge on any atom is -0.444 e. The number of nitrogens with zero attached hydrogens (tertiary/aromatic N) is 1. The maximum Gasteiger partial charge on any atom is 0.410 e. The molecule has 1 aliphatic rings. The van der Waals surface area contributed by atoms with Crippen LogP contribution in [0.2, 0.25) is 5.02 Å². The molecule has 2 rings (SSSR count). The smallest absolute Gasteiger partial charge is 0.410 e. The van der Waals surface area contributed by atoms with Crippen LogP contribution in [-0.2, 0) is 9.53 Å². The van der Waals surface area contributed by atoms with Gasteiger partial charge in [-0.05, 0) is 45.7 Å². The van der Waals surface area contributed by atoms with Crippen molar-refractivity contribution in [1.82, 2.24) is 4.90 Å². The van der Waals surface area contributed by atoms with Crippen molar-refractivity contribution >= 4 is 29.3 Å². The summed E-state index contributed by atoms with van der Waals surface area (Å²) in [5.74, 6) is -0.239. The lowest BCUT2D eigenvalue weighted by molar-refractivity contribution is -0.120. The molecule has 1 atom stereocenters. The summed E-state index contributed by atoms with van der Waals surface area (Å²) in [4.78, 5) is 26.1. The van der Waals surface area contributed by atoms with Crippen LogP contribution in [0.25, 0.3) is 0 Å². The van der Waals surface area contributed by atoms with Crippen LogP contribution in [0.15, 0.2) is 24.3 Å². The van der Waals surface area contributed by atoms with Gasteiger partial charge in [-0.1, -0.05) is 23.7 Å². The van der Waals surface area contributed by atoms with Gasteiger partial charge in [-0.25, -0.2) is 4.79 Å². The van der Waals surface area contributed by atoms with Gasteiger partial charge in [0.05, 0.1) is 10.7 Å². The van der Waals surface area contributed by atoms with E-state index in [4.69, 9.17) is 16.3 Å². The van der Waals surface area contributed by atoms with Crippen LogP contribution in [0.5, 0.6) is 0 Å². The summed E-state index contributed by atoms with van der Waals surface area (Å²) in [6.07, 6.45) is 0.944. The maximum absolute atomic E-state index is 12.4. The van der Waals surface area contributed by atoms with E-state index in [1.165, 1.54) is 4.90 Å². The molecule has 120 valence electrons. The lowest BCUT2D eigenvalue weighted by atomic mass is 10.2. The highest BCUT2D eigenvalue weighted by atomic mass is 35.5. The Bertz CT molecular complexity index is 569. The van der Waals surface area contributed by atoms with Crippen molar-refractivity contribution < 1.29 is 14.3 Å². The zero-order chi connectivity index (χ0) is 16.3. The molecular formula is C16H21ClN2O3. The summed E-state index contributed by atoms with van der Waals surface area (Å²) in [5, 5.41) is 3.25. The number of likely N-dealkylation sites (tertiary alicyclic amines) is 1. The fraction of sp³-hybridized carbons (Fsp3) is 0.500. The lowest BCUT2D eigenvalue weighted by Gasteiger charge is -2.28. The van der Waals surface area contributed by atoms with Crippen molar-refractivity contribution in [2.45, 2.75) is 45.3 Å². The maximum atomic E-state index is 12.4. The van der Waals surface area contributed by atoms with Gasteiger partial charge in [-0.15, -0.1) is 0 Å². The Morgan fingerprint density at radius 2 is 2.00 bits per heavy atom. The number of amides is 2. The van der Waals surface area contributed by atoms with E-state index < -0.39 is 17.7 Å². The Labute approximate surface area is 135 Å². The first-order valence-corrected chi connectivity index (χ1v) is 7.71. The largest absolute Gasteiger partial charge is 0.444 e. The number of nitrogens with one attached hydrogen (secondary N) is 1. The van der Waals surface area contributed by atoms with Gasteiger partial charge >= 0.3 is 6.09 Å². The third kappa shape index (κ3) is 4.13. The summed E-state index contributed by atoms with van der Waals surface area (Å²) in [5.41, 5.74) is -0.0334. The van der Waals surface area contributed by atoms with Crippen molar-refractivity contribution in [2.24, 2.45) is 0 Å². The number of halogens is 1. The highest BCUT2D eigenvalue weighted by Gasteiger charge is 2.36. The molecule has 0 spiro atoms. The van der Waals surface area contributed by atoms with E-state index in [9.17, 15) is 9.59 Å². The molecule has 1 aromatic rings. The molecule has 0 aromatic heterocycles. The number of hydrogen-bond donors (Lipinski definition) is 1. The van der Waals surface area contributed by atoms with Crippen molar-refractivity contribution in [3.63, 3.8) is 0 Å². The van der Waals surface area contributed by atoms with E-state index in [0.29, 0.717) is 23.7 Å². The Hall–Kier alpha value is -1.75. The van der Waals surface area contributed by atoms with Crippen LogP contribution in [-0.4, -0.2) is 35.1 Å². The highest BCUT2D eigenvalue weighted by Crippen LogP contribution is 2.25. The summed E-state index contributed by atoms with van der Waals surface area (Å²) in [7, 11) is 0. The van der Waals surface area contributed by atoms with E-state index in [2.05, 4.69) is 5.32 Å². The highest BCUT2D eigenvalue weighted by molar-refractivity contribution is 6.33. The second-order valence-electron chi connectivity index (χ2n) is 6.30. The standard InChI is InChI=1S/C16H21ClN2O3/c1-16(2,3)22-15(21)19-10-6-9-13(19)14(20)18-12-8-5-4-7-11(12)17/h4-5,7-8,13H,6,9-10H2,1-3H3,(H,18,20). The zero-order valence-corrected chi connectivity index (χ0v) is 13.8. The summed E-state index contributed by atoms with van der Waals surface area (Å²) < 4.78 is 5.36. The first-order chi connectivity index (χ1) is 10.3. The Morgan fingerprint density at radius 3 is 2.64 bits per heavy atom. The third-order valence-corrected chi connectivity index (χ3v) is 3.64. The van der Waals surface area contributed by atoms with Crippen LogP contribution in [0.3, 0.4) is 0 Å². The van der Waals surface area contributed by atoms with Crippen LogP contribution < -0.4 is 5.32 Å². The van der Waals surface area contributed by atoms with Crippen molar-refractivity contribution in [3.05, 3.63) is 29.3 Å². The summed E-state index contributed by atoms with van der Waals surface area (Å²) in [6, 6.07) is 6.50. The fourth-order valence-corrected chi connectivity index (χ4v) is 2.54. The molecule has 1 saturated heterocycles. The van der Waals surface area contributed by atoms with E-state index in [1.807, 2.05) is 0 Å². The number of benzene rings is 1. The van der Waals surface area contributed by atoms with Gasteiger partial charge in [0, 0.05) is 6.54 Å². The van der Waals surface area contributed by atoms with Gasteiger partial charge in [0.25, 0.3) is 0 Å². The predicted molar refractivity (Wildman–Crippen MR) is 86.0 cm³/mol. The van der Waals surface area contributed by atoms with E-state index in [1.54, 1.807) is 45.0 Å². The van der Waals surface area contributed by atoms with Gasteiger partial charge in [0.15, 0.2) is 0 Å². The van der Waals surface area contributed by atoms with Crippen LogP contribution in [0.1, 0.15) is 33.6 Å². The van der Waals surface area contributed by atoms with Gasteiger partial charge in [0.1, 0.15) is 11.6 Å². The molecule has 1 fully saturated rings. The molecule has 1 heterocycles. The number of carbonyl (C=O) groups excluding carboxylic acids is 2. The Balaban J connectivity index is 2.05. The number of ether oxygens (including phenoxy) is 1. The predicted octanol–water partition coefficient (Wildman–Crippen LogP) is 3.68. The minimum absolute atomic E-state index is 0.239. The van der Waals surface area contributed by atoms with Gasteiger partial charge in [-0.2, -0.15) is 0 Å². The second kappa shape index (κ2) is 6.57. The number of para-hydroxylation sites is 1. The van der Waals surface area contributed by atoms with Crippen LogP contribution in [0.4, 0.5) is 10.5 Å². The molecule has 1 aliphatic heterocycles. The summed E-state index contributed by atoms with van der Waals surface area (Å²) in [6.45, 7) is 5.94. The molecule has 2 amide bonds. The summed E-state index contributed by atoms with van der Waals surface area (Å²) >= 11 is 6.04. The number of hydrogen-bond acceptors (Lipinski definition) is 3. The third-order valence-electron chi connectivity index (χ3n) is 3.32. The molecule has 0 saturated carbocycles. The molecule has 0 aliphatic carbocycles.